The number of carbonyl (C=O) groups is 2. The highest BCUT2D eigenvalue weighted by Crippen LogP contribution is 2.23. The van der Waals surface area contributed by atoms with Gasteiger partial charge in [0.25, 0.3) is 0 Å². The quantitative estimate of drug-likeness (QED) is 0.823. The van der Waals surface area contributed by atoms with Crippen LogP contribution in [0.25, 0.3) is 0 Å². The van der Waals surface area contributed by atoms with Crippen LogP contribution in [-0.2, 0) is 11.3 Å². The van der Waals surface area contributed by atoms with E-state index < -0.39 is 12.1 Å². The van der Waals surface area contributed by atoms with Gasteiger partial charge >= 0.3 is 6.03 Å². The number of rotatable bonds is 5. The summed E-state index contributed by atoms with van der Waals surface area (Å²) in [6.07, 6.45) is 0. The monoisotopic (exact) mass is 371 g/mol. The van der Waals surface area contributed by atoms with Crippen LogP contribution >= 0.6 is 0 Å². The predicted molar refractivity (Wildman–Crippen MR) is 99.9 cm³/mol. The number of aromatic nitrogens is 1. The number of nitrogens with one attached hydrogen (secondary N) is 2. The molecule has 3 rings (SSSR count). The van der Waals surface area contributed by atoms with Crippen LogP contribution in [0, 0.1) is 6.92 Å². The number of urea groups is 1. The van der Waals surface area contributed by atoms with Crippen LogP contribution in [0.3, 0.4) is 0 Å². The van der Waals surface area contributed by atoms with Gasteiger partial charge in [-0.25, -0.2) is 4.79 Å². The number of piperazine rings is 1. The molecule has 1 fully saturated rings. The molecule has 27 heavy (non-hydrogen) atoms. The minimum Gasteiger partial charge on any atom is -0.361 e. The fourth-order valence-electron chi connectivity index (χ4n) is 3.31. The second-order valence-corrected chi connectivity index (χ2v) is 6.62. The van der Waals surface area contributed by atoms with Gasteiger partial charge < -0.3 is 9.84 Å². The molecule has 0 aliphatic carbocycles. The average Bonchev–Trinajstić information content (AvgIpc) is 3.09. The van der Waals surface area contributed by atoms with Crippen LogP contribution in [0.4, 0.5) is 4.79 Å². The lowest BCUT2D eigenvalue weighted by Gasteiger charge is -2.38. The number of amides is 3. The van der Waals surface area contributed by atoms with Gasteiger partial charge in [-0.15, -0.1) is 0 Å². The lowest BCUT2D eigenvalue weighted by atomic mass is 10.0. The van der Waals surface area contributed by atoms with Gasteiger partial charge in [0.2, 0.25) is 5.91 Å². The Kier molecular flexibility index (Phi) is 6.20. The summed E-state index contributed by atoms with van der Waals surface area (Å²) in [7, 11) is 1.49. The largest absolute Gasteiger partial charge is 0.361 e. The summed E-state index contributed by atoms with van der Waals surface area (Å²) in [5.74, 6) is 0.486. The topological polar surface area (TPSA) is 90.7 Å². The van der Waals surface area contributed by atoms with Gasteiger partial charge in [0.15, 0.2) is 0 Å². The molecule has 1 atom stereocenters. The maximum Gasteiger partial charge on any atom is 0.321 e. The number of hydrogen-bond acceptors (Lipinski definition) is 6. The van der Waals surface area contributed by atoms with Gasteiger partial charge in [-0.1, -0.05) is 35.5 Å². The molecule has 1 saturated heterocycles. The third-order valence-corrected chi connectivity index (χ3v) is 4.66. The lowest BCUT2D eigenvalue weighted by Crippen LogP contribution is -2.52. The molecule has 2 N–H and O–H groups in total. The van der Waals surface area contributed by atoms with E-state index in [0.717, 1.165) is 49.7 Å². The number of hydrogen-bond donors (Lipinski definition) is 2. The Morgan fingerprint density at radius 2 is 1.89 bits per heavy atom. The van der Waals surface area contributed by atoms with Crippen LogP contribution < -0.4 is 10.6 Å². The Labute approximate surface area is 158 Å². The highest BCUT2D eigenvalue weighted by Gasteiger charge is 2.31. The third kappa shape index (κ3) is 4.93. The van der Waals surface area contributed by atoms with E-state index in [1.54, 1.807) is 0 Å². The molecule has 144 valence electrons. The maximum atomic E-state index is 12.7. The zero-order valence-electron chi connectivity index (χ0n) is 15.6. The van der Waals surface area contributed by atoms with E-state index in [4.69, 9.17) is 4.52 Å². The molecule has 0 radical (unpaired) electrons. The molecule has 2 heterocycles. The molecule has 1 aliphatic rings. The molecular weight excluding hydrogens is 346 g/mol. The first kappa shape index (κ1) is 19.1. The highest BCUT2D eigenvalue weighted by atomic mass is 16.5. The van der Waals surface area contributed by atoms with Crippen molar-refractivity contribution in [2.45, 2.75) is 19.5 Å². The first-order chi connectivity index (χ1) is 13.1. The van der Waals surface area contributed by atoms with Gasteiger partial charge in [0.05, 0.1) is 5.69 Å². The van der Waals surface area contributed by atoms with Gasteiger partial charge in [0.1, 0.15) is 11.8 Å². The molecule has 8 heteroatoms. The number of nitrogens with zero attached hydrogens (tertiary/aromatic N) is 3. The molecule has 1 aliphatic heterocycles. The summed E-state index contributed by atoms with van der Waals surface area (Å²) < 4.78 is 5.12. The zero-order valence-corrected chi connectivity index (χ0v) is 15.6. The molecule has 0 bridgehead atoms. The normalized spacial score (nSPS) is 16.7. The number of carbonyl (C=O) groups excluding carboxylic acids is 2. The second-order valence-electron chi connectivity index (χ2n) is 6.62. The van der Waals surface area contributed by atoms with Crippen molar-refractivity contribution in [1.29, 1.82) is 0 Å². The van der Waals surface area contributed by atoms with Crippen LogP contribution in [-0.4, -0.2) is 60.1 Å². The van der Waals surface area contributed by atoms with Crippen molar-refractivity contribution in [1.82, 2.24) is 25.6 Å². The Balaban J connectivity index is 1.66. The molecule has 8 nitrogen and oxygen atoms in total. The molecule has 3 amide bonds. The number of imide groups is 1. The van der Waals surface area contributed by atoms with Crippen molar-refractivity contribution >= 4 is 11.9 Å². The number of benzene rings is 1. The highest BCUT2D eigenvalue weighted by molar-refractivity contribution is 5.97. The molecule has 0 saturated carbocycles. The van der Waals surface area contributed by atoms with Gasteiger partial charge in [-0.2, -0.15) is 0 Å². The van der Waals surface area contributed by atoms with E-state index in [1.165, 1.54) is 7.05 Å². The van der Waals surface area contributed by atoms with Gasteiger partial charge in [0, 0.05) is 45.8 Å². The van der Waals surface area contributed by atoms with E-state index in [9.17, 15) is 9.59 Å². The second kappa shape index (κ2) is 8.79. The minimum atomic E-state index is -0.500. The summed E-state index contributed by atoms with van der Waals surface area (Å²) in [6, 6.07) is 10.5. The van der Waals surface area contributed by atoms with E-state index in [2.05, 4.69) is 25.6 Å². The van der Waals surface area contributed by atoms with Crippen molar-refractivity contribution in [3.05, 3.63) is 53.4 Å². The average molecular weight is 371 g/mol. The van der Waals surface area contributed by atoms with E-state index in [0.29, 0.717) is 0 Å². The van der Waals surface area contributed by atoms with Gasteiger partial charge in [-0.3, -0.25) is 19.9 Å². The first-order valence-electron chi connectivity index (χ1n) is 9.03. The maximum absolute atomic E-state index is 12.7. The van der Waals surface area contributed by atoms with Crippen molar-refractivity contribution in [2.75, 3.05) is 33.2 Å². The summed E-state index contributed by atoms with van der Waals surface area (Å²) in [5, 5.41) is 8.88. The standard InChI is InChI=1S/C19H25N5O3/c1-14-12-16(22-27-14)13-23-8-10-24(11-9-23)17(15-6-4-3-5-7-15)18(25)21-19(26)20-2/h3-7,12,17H,8-11,13H2,1-2H3,(H2,20,21,25,26)/t17-/m0/s1. The smallest absolute Gasteiger partial charge is 0.321 e. The van der Waals surface area contributed by atoms with Crippen molar-refractivity contribution < 1.29 is 14.1 Å². The molecule has 1 aromatic carbocycles. The predicted octanol–water partition coefficient (Wildman–Crippen LogP) is 1.30. The summed E-state index contributed by atoms with van der Waals surface area (Å²) in [4.78, 5) is 28.7. The lowest BCUT2D eigenvalue weighted by molar-refractivity contribution is -0.126. The van der Waals surface area contributed by atoms with E-state index >= 15 is 0 Å². The van der Waals surface area contributed by atoms with Crippen molar-refractivity contribution in [3.63, 3.8) is 0 Å². The number of aryl methyl sites for hydroxylation is 1. The summed E-state index contributed by atoms with van der Waals surface area (Å²) in [5.41, 5.74) is 1.79. The Bertz CT molecular complexity index is 769. The fraction of sp³-hybridized carbons (Fsp3) is 0.421. The van der Waals surface area contributed by atoms with Gasteiger partial charge in [-0.05, 0) is 12.5 Å². The SMILES string of the molecule is CNC(=O)NC(=O)[C@H](c1ccccc1)N1CCN(Cc2cc(C)on2)CC1. The van der Waals surface area contributed by atoms with Crippen LogP contribution in [0.1, 0.15) is 23.1 Å². The summed E-state index contributed by atoms with van der Waals surface area (Å²) >= 11 is 0. The van der Waals surface area contributed by atoms with E-state index in [-0.39, 0.29) is 5.91 Å². The fourth-order valence-corrected chi connectivity index (χ4v) is 3.31. The summed E-state index contributed by atoms with van der Waals surface area (Å²) in [6.45, 7) is 5.66. The van der Waals surface area contributed by atoms with E-state index in [1.807, 2.05) is 43.3 Å². The Morgan fingerprint density at radius 3 is 2.48 bits per heavy atom. The zero-order chi connectivity index (χ0) is 19.2. The van der Waals surface area contributed by atoms with Crippen LogP contribution in [0.5, 0.6) is 0 Å². The molecule has 2 aromatic rings. The minimum absolute atomic E-state index is 0.318. The molecule has 0 spiro atoms. The molecule has 1 aromatic heterocycles. The van der Waals surface area contributed by atoms with Crippen molar-refractivity contribution in [3.8, 4) is 0 Å². The van der Waals surface area contributed by atoms with Crippen LogP contribution in [0.2, 0.25) is 0 Å². The molecular formula is C19H25N5O3. The first-order valence-corrected chi connectivity index (χ1v) is 9.03. The van der Waals surface area contributed by atoms with Crippen molar-refractivity contribution in [2.24, 2.45) is 0 Å². The third-order valence-electron chi connectivity index (χ3n) is 4.66. The Hall–Kier alpha value is -2.71. The Morgan fingerprint density at radius 1 is 1.19 bits per heavy atom. The van der Waals surface area contributed by atoms with Crippen LogP contribution in [0.15, 0.2) is 40.9 Å². The molecule has 0 unspecified atom stereocenters.